The number of amides is 2. The quantitative estimate of drug-likeness (QED) is 0.0445. The van der Waals surface area contributed by atoms with Gasteiger partial charge in [0.15, 0.2) is 34.9 Å². The molecule has 4 aromatic heterocycles. The zero-order valence-electron chi connectivity index (χ0n) is 43.0. The van der Waals surface area contributed by atoms with Gasteiger partial charge < -0.3 is 29.6 Å². The minimum atomic E-state index is -1.54. The van der Waals surface area contributed by atoms with Crippen molar-refractivity contribution in [2.75, 3.05) is 65.6 Å². The van der Waals surface area contributed by atoms with E-state index in [1.807, 2.05) is 18.3 Å². The summed E-state index contributed by atoms with van der Waals surface area (Å²) in [7, 11) is 0. The molecule has 77 heavy (non-hydrogen) atoms. The second-order valence-electron chi connectivity index (χ2n) is 20.4. The van der Waals surface area contributed by atoms with Gasteiger partial charge in [-0.1, -0.05) is 0 Å². The van der Waals surface area contributed by atoms with Gasteiger partial charge in [0.25, 0.3) is 0 Å². The van der Waals surface area contributed by atoms with E-state index in [1.165, 1.54) is 40.8 Å². The number of hydrogen-bond donors (Lipinski definition) is 3. The lowest BCUT2D eigenvalue weighted by atomic mass is 9.84. The highest BCUT2D eigenvalue weighted by molar-refractivity contribution is 5.92. The van der Waals surface area contributed by atoms with Crippen LogP contribution < -0.4 is 0 Å². The van der Waals surface area contributed by atoms with Gasteiger partial charge in [0.05, 0.1) is 13.2 Å². The van der Waals surface area contributed by atoms with Crippen molar-refractivity contribution in [2.24, 2.45) is 11.8 Å². The maximum Gasteiger partial charge on any atom is 0.323 e. The molecule has 2 aromatic carbocycles. The number of benzene rings is 2. The molecule has 4 aliphatic rings. The van der Waals surface area contributed by atoms with Crippen molar-refractivity contribution < 1.29 is 50.6 Å². The molecule has 4 aliphatic heterocycles. The standard InChI is InChI=1S/C30H33F3N4O3.C28H31F3N4O2/c1-2-40-30(39)28(37-14-7-20(8-15-37)23-18-35-29-22(23)4-3-11-34-29)21-9-12-36(13-10-21)26(38)6-5-19-16-24(31)27(33)25(32)17-19;29-23-14-18(15-24(30)27(23)31)3-4-26(37)35-12-7-20(8-13-35)25(17-36)34-10-5-19(6-11-34)22-16-33-28-21(22)2-1-9-32-28/h3-6,11,16-18,20-21,28H,2,7-10,12-15H2,1H3,(H,34,35);1-4,9,14-16,19-20,25,36H,5-8,10-13,17H2,(H,32,33)/b6-5+;4-3+. The van der Waals surface area contributed by atoms with Crippen LogP contribution in [0.1, 0.15) is 92.4 Å². The minimum Gasteiger partial charge on any atom is -0.465 e. The van der Waals surface area contributed by atoms with Gasteiger partial charge in [-0.25, -0.2) is 36.3 Å². The molecule has 0 radical (unpaired) electrons. The number of pyridine rings is 2. The number of carbonyl (C=O) groups is 3. The Morgan fingerprint density at radius 3 is 1.45 bits per heavy atom. The average Bonchev–Trinajstić information content (AvgIpc) is 4.10. The molecule has 13 nitrogen and oxygen atoms in total. The summed E-state index contributed by atoms with van der Waals surface area (Å²) in [5.41, 5.74) is 4.54. The lowest BCUT2D eigenvalue weighted by molar-refractivity contribution is -0.153. The van der Waals surface area contributed by atoms with Crippen LogP contribution in [-0.2, 0) is 19.1 Å². The predicted octanol–water partition coefficient (Wildman–Crippen LogP) is 9.52. The van der Waals surface area contributed by atoms with E-state index in [0.717, 1.165) is 106 Å². The Kier molecular flexibility index (Phi) is 17.9. The third-order valence-corrected chi connectivity index (χ3v) is 16.0. The Hall–Kier alpha value is -6.83. The highest BCUT2D eigenvalue weighted by Crippen LogP contribution is 2.37. The van der Waals surface area contributed by atoms with Crippen LogP contribution >= 0.6 is 0 Å². The number of aromatic amines is 2. The van der Waals surface area contributed by atoms with Crippen LogP contribution in [0.15, 0.2) is 85.5 Å². The van der Waals surface area contributed by atoms with E-state index in [9.17, 15) is 45.8 Å². The Balaban J connectivity index is 0.000000188. The topological polar surface area (TPSA) is 151 Å². The molecule has 0 bridgehead atoms. The third-order valence-electron chi connectivity index (χ3n) is 16.0. The van der Waals surface area contributed by atoms with Crippen LogP contribution in [0.2, 0.25) is 0 Å². The Labute approximate surface area is 443 Å². The van der Waals surface area contributed by atoms with Gasteiger partial charge in [-0.2, -0.15) is 0 Å². The van der Waals surface area contributed by atoms with E-state index in [4.69, 9.17) is 4.74 Å². The van der Waals surface area contributed by atoms with Crippen LogP contribution in [-0.4, -0.2) is 140 Å². The van der Waals surface area contributed by atoms with E-state index >= 15 is 0 Å². The summed E-state index contributed by atoms with van der Waals surface area (Å²) in [6, 6.07) is 11.2. The molecule has 0 aliphatic carbocycles. The SMILES string of the molecule is CCOC(=O)C(C1CCN(C(=O)/C=C/c2cc(F)c(F)c(F)c2)CC1)N1CCC(c2c[nH]c3ncccc23)CC1.O=C(/C=C/c1cc(F)c(F)c(F)c1)N1CCC(C(CO)N2CCC(c3c[nH]c4ncccc34)CC2)CC1. The maximum absolute atomic E-state index is 13.5. The molecule has 8 heterocycles. The van der Waals surface area contributed by atoms with Crippen molar-refractivity contribution in [3.8, 4) is 0 Å². The fourth-order valence-corrected chi connectivity index (χ4v) is 11.9. The van der Waals surface area contributed by atoms with E-state index in [1.54, 1.807) is 29.1 Å². The van der Waals surface area contributed by atoms with Crippen molar-refractivity contribution in [3.63, 3.8) is 0 Å². The van der Waals surface area contributed by atoms with E-state index in [2.05, 4.69) is 48.1 Å². The number of piperidine rings is 4. The summed E-state index contributed by atoms with van der Waals surface area (Å²) < 4.78 is 85.6. The maximum atomic E-state index is 13.5. The molecule has 4 fully saturated rings. The van der Waals surface area contributed by atoms with Crippen LogP contribution in [0.25, 0.3) is 34.2 Å². The molecule has 2 atom stereocenters. The Morgan fingerprint density at radius 2 is 1.04 bits per heavy atom. The van der Waals surface area contributed by atoms with Gasteiger partial charge in [-0.05, 0) is 191 Å². The number of aliphatic hydroxyl groups is 1. The first kappa shape index (κ1) is 54.9. The summed E-state index contributed by atoms with van der Waals surface area (Å²) in [5, 5.41) is 12.6. The average molecular weight is 1070 g/mol. The number of H-pyrrole nitrogens is 2. The Bertz CT molecular complexity index is 3030. The summed E-state index contributed by atoms with van der Waals surface area (Å²) in [6.45, 7) is 7.57. The van der Waals surface area contributed by atoms with Crippen molar-refractivity contribution >= 4 is 52.0 Å². The molecule has 0 spiro atoms. The lowest BCUT2D eigenvalue weighted by Crippen LogP contribution is -2.53. The zero-order valence-corrected chi connectivity index (χ0v) is 43.0. The molecule has 408 valence electrons. The van der Waals surface area contributed by atoms with Gasteiger partial charge in [-0.15, -0.1) is 0 Å². The summed E-state index contributed by atoms with van der Waals surface area (Å²) in [6.07, 6.45) is 19.5. The largest absolute Gasteiger partial charge is 0.465 e. The molecule has 6 aromatic rings. The first-order valence-corrected chi connectivity index (χ1v) is 26.6. The first-order chi connectivity index (χ1) is 37.3. The normalized spacial score (nSPS) is 18.8. The van der Waals surface area contributed by atoms with E-state index in [-0.39, 0.29) is 59.4 Å². The van der Waals surface area contributed by atoms with Gasteiger partial charge in [0.1, 0.15) is 17.3 Å². The van der Waals surface area contributed by atoms with E-state index in [0.29, 0.717) is 57.5 Å². The van der Waals surface area contributed by atoms with Crippen LogP contribution in [0, 0.1) is 46.7 Å². The number of aliphatic hydroxyl groups excluding tert-OH is 1. The van der Waals surface area contributed by atoms with Crippen molar-refractivity contribution in [1.29, 1.82) is 0 Å². The molecule has 10 rings (SSSR count). The number of nitrogens with one attached hydrogen (secondary N) is 2. The summed E-state index contributed by atoms with van der Waals surface area (Å²) in [4.78, 5) is 61.8. The first-order valence-electron chi connectivity index (χ1n) is 26.6. The third kappa shape index (κ3) is 12.8. The number of ether oxygens (including phenoxy) is 1. The molecule has 3 N–H and O–H groups in total. The minimum absolute atomic E-state index is 0.0428. The molecule has 2 unspecified atom stereocenters. The number of likely N-dealkylation sites (tertiary alicyclic amines) is 4. The van der Waals surface area contributed by atoms with Crippen molar-refractivity contribution in [1.82, 2.24) is 39.5 Å². The number of carbonyl (C=O) groups excluding carboxylic acids is 3. The fourth-order valence-electron chi connectivity index (χ4n) is 11.9. The van der Waals surface area contributed by atoms with Crippen molar-refractivity contribution in [3.05, 3.63) is 143 Å². The van der Waals surface area contributed by atoms with Gasteiger partial charge >= 0.3 is 5.97 Å². The zero-order chi connectivity index (χ0) is 54.2. The summed E-state index contributed by atoms with van der Waals surface area (Å²) in [5.74, 6) is -7.85. The number of nitrogens with zero attached hydrogens (tertiary/aromatic N) is 6. The van der Waals surface area contributed by atoms with Gasteiger partial charge in [-0.3, -0.25) is 24.2 Å². The molecule has 19 heteroatoms. The lowest BCUT2D eigenvalue weighted by Gasteiger charge is -2.43. The predicted molar refractivity (Wildman–Crippen MR) is 280 cm³/mol. The summed E-state index contributed by atoms with van der Waals surface area (Å²) >= 11 is 0. The second kappa shape index (κ2) is 25.1. The van der Waals surface area contributed by atoms with E-state index < -0.39 is 34.9 Å². The van der Waals surface area contributed by atoms with Gasteiger partial charge in [0, 0.05) is 79.9 Å². The number of fused-ring (bicyclic) bond motifs is 2. The fraction of sp³-hybridized carbons (Fsp3) is 0.431. The molecule has 0 saturated carbocycles. The smallest absolute Gasteiger partial charge is 0.323 e. The van der Waals surface area contributed by atoms with Crippen molar-refractivity contribution in [2.45, 2.75) is 82.2 Å². The highest BCUT2D eigenvalue weighted by Gasteiger charge is 2.40. The number of halogens is 6. The monoisotopic (exact) mass is 1070 g/mol. The molecular weight excluding hydrogens is 1000 g/mol. The Morgan fingerprint density at radius 1 is 0.623 bits per heavy atom. The number of hydrogen-bond acceptors (Lipinski definition) is 9. The molecule has 4 saturated heterocycles. The molecular formula is C58H64F6N8O5. The number of esters is 1. The molecule has 2 amide bonds. The highest BCUT2D eigenvalue weighted by atomic mass is 19.2. The second-order valence-corrected chi connectivity index (χ2v) is 20.4. The van der Waals surface area contributed by atoms with Crippen LogP contribution in [0.3, 0.4) is 0 Å². The van der Waals surface area contributed by atoms with Crippen LogP contribution in [0.5, 0.6) is 0 Å². The van der Waals surface area contributed by atoms with Gasteiger partial charge in [0.2, 0.25) is 11.8 Å². The number of aromatic nitrogens is 4. The van der Waals surface area contributed by atoms with Crippen LogP contribution in [0.4, 0.5) is 26.3 Å². The number of rotatable bonds is 13.